The predicted octanol–water partition coefficient (Wildman–Crippen LogP) is 10.7. The third-order valence-electron chi connectivity index (χ3n) is 8.43. The lowest BCUT2D eigenvalue weighted by Gasteiger charge is -2.10. The minimum atomic E-state index is 0.915. The van der Waals surface area contributed by atoms with E-state index in [2.05, 4.69) is 137 Å². The van der Waals surface area contributed by atoms with Crippen LogP contribution in [0.5, 0.6) is 0 Å². The van der Waals surface area contributed by atoms with Crippen LogP contribution in [0.25, 0.3) is 76.9 Å². The van der Waals surface area contributed by atoms with Gasteiger partial charge in [-0.2, -0.15) is 0 Å². The van der Waals surface area contributed by atoms with Gasteiger partial charge in [0, 0.05) is 28.3 Å². The molecule has 0 aliphatic heterocycles. The molecule has 0 saturated carbocycles. The Kier molecular flexibility index (Phi) is 6.46. The van der Waals surface area contributed by atoms with E-state index in [9.17, 15) is 0 Å². The van der Waals surface area contributed by atoms with Gasteiger partial charge in [-0.1, -0.05) is 104 Å². The maximum atomic E-state index is 5.41. The molecule has 0 aliphatic rings. The van der Waals surface area contributed by atoms with Crippen LogP contribution in [0.15, 0.2) is 158 Å². The number of fused-ring (bicyclic) bond motifs is 8. The SMILES string of the molecule is C=C/C=C\C.c1ccc2cc(-n3c4ccccc4c4nc5c(cc43)c3ncccc3n5-c3ccc4ccccc4c3)ccc2c1. The summed E-state index contributed by atoms with van der Waals surface area (Å²) in [5.74, 6) is 0. The topological polar surface area (TPSA) is 35.6 Å². The van der Waals surface area contributed by atoms with Crippen molar-refractivity contribution in [1.82, 2.24) is 19.1 Å². The number of para-hydroxylation sites is 1. The normalized spacial score (nSPS) is 11.7. The average Bonchev–Trinajstić information content (AvgIpc) is 3.59. The van der Waals surface area contributed by atoms with Crippen molar-refractivity contribution in [1.29, 1.82) is 0 Å². The van der Waals surface area contributed by atoms with E-state index in [4.69, 9.17) is 9.97 Å². The molecule has 0 N–H and O–H groups in total. The number of pyridine rings is 2. The van der Waals surface area contributed by atoms with Crippen LogP contribution in [0.2, 0.25) is 0 Å². The molecule has 45 heavy (non-hydrogen) atoms. The highest BCUT2D eigenvalue weighted by molar-refractivity contribution is 6.15. The van der Waals surface area contributed by atoms with Crippen LogP contribution in [0, 0.1) is 0 Å². The summed E-state index contributed by atoms with van der Waals surface area (Å²) in [5.41, 5.74) is 8.33. The summed E-state index contributed by atoms with van der Waals surface area (Å²) < 4.78 is 4.59. The van der Waals surface area contributed by atoms with E-state index in [1.807, 2.05) is 31.3 Å². The van der Waals surface area contributed by atoms with Crippen molar-refractivity contribution in [3.8, 4) is 11.4 Å². The Morgan fingerprint density at radius 3 is 1.84 bits per heavy atom. The predicted molar refractivity (Wildman–Crippen MR) is 191 cm³/mol. The highest BCUT2D eigenvalue weighted by atomic mass is 15.1. The number of rotatable bonds is 3. The minimum absolute atomic E-state index is 0.915. The fourth-order valence-corrected chi connectivity index (χ4v) is 6.41. The Hall–Kier alpha value is -6.00. The maximum absolute atomic E-state index is 5.41. The van der Waals surface area contributed by atoms with E-state index in [0.717, 1.165) is 55.4 Å². The lowest BCUT2D eigenvalue weighted by molar-refractivity contribution is 1.14. The van der Waals surface area contributed by atoms with Gasteiger partial charge >= 0.3 is 0 Å². The molecule has 0 saturated heterocycles. The van der Waals surface area contributed by atoms with Crippen LogP contribution < -0.4 is 0 Å². The first kappa shape index (κ1) is 26.6. The van der Waals surface area contributed by atoms with E-state index in [-0.39, 0.29) is 0 Å². The van der Waals surface area contributed by atoms with Crippen molar-refractivity contribution in [3.63, 3.8) is 0 Å². The largest absolute Gasteiger partial charge is 0.308 e. The van der Waals surface area contributed by atoms with E-state index in [1.54, 1.807) is 6.08 Å². The number of hydrogen-bond acceptors (Lipinski definition) is 2. The molecule has 0 aliphatic carbocycles. The maximum Gasteiger partial charge on any atom is 0.148 e. The number of hydrogen-bond donors (Lipinski definition) is 0. The van der Waals surface area contributed by atoms with E-state index >= 15 is 0 Å². The third kappa shape index (κ3) is 4.38. The molecule has 4 aromatic heterocycles. The zero-order chi connectivity index (χ0) is 30.3. The molecule has 0 amide bonds. The highest BCUT2D eigenvalue weighted by Crippen LogP contribution is 2.37. The first-order valence-electron chi connectivity index (χ1n) is 15.2. The summed E-state index contributed by atoms with van der Waals surface area (Å²) in [6.45, 7) is 5.42. The minimum Gasteiger partial charge on any atom is -0.308 e. The van der Waals surface area contributed by atoms with Crippen molar-refractivity contribution in [2.75, 3.05) is 0 Å². The second-order valence-electron chi connectivity index (χ2n) is 11.1. The zero-order valence-electron chi connectivity index (χ0n) is 24.9. The summed E-state index contributed by atoms with van der Waals surface area (Å²) >= 11 is 0. The van der Waals surface area contributed by atoms with Gasteiger partial charge in [-0.25, -0.2) is 4.98 Å². The van der Waals surface area contributed by atoms with Gasteiger partial charge in [0.1, 0.15) is 5.65 Å². The Balaban J connectivity index is 0.000000560. The van der Waals surface area contributed by atoms with Crippen LogP contribution >= 0.6 is 0 Å². The van der Waals surface area contributed by atoms with Gasteiger partial charge in [-0.15, -0.1) is 0 Å². The van der Waals surface area contributed by atoms with Crippen LogP contribution in [-0.2, 0) is 0 Å². The van der Waals surface area contributed by atoms with Crippen molar-refractivity contribution >= 4 is 65.5 Å². The molecule has 9 rings (SSSR count). The molecule has 5 aromatic carbocycles. The first-order valence-corrected chi connectivity index (χ1v) is 15.2. The van der Waals surface area contributed by atoms with Crippen LogP contribution in [0.4, 0.5) is 0 Å². The lowest BCUT2D eigenvalue weighted by atomic mass is 10.1. The first-order chi connectivity index (χ1) is 22.2. The molecule has 0 radical (unpaired) electrons. The summed E-state index contributed by atoms with van der Waals surface area (Å²) in [6, 6.07) is 45.2. The highest BCUT2D eigenvalue weighted by Gasteiger charge is 2.20. The van der Waals surface area contributed by atoms with Gasteiger partial charge in [0.05, 0.1) is 27.6 Å². The number of benzene rings is 5. The summed E-state index contributed by atoms with van der Waals surface area (Å²) in [5, 5.41) is 7.05. The third-order valence-corrected chi connectivity index (χ3v) is 8.43. The van der Waals surface area contributed by atoms with Crippen molar-refractivity contribution in [2.24, 2.45) is 0 Å². The summed E-state index contributed by atoms with van der Waals surface area (Å²) in [7, 11) is 0. The lowest BCUT2D eigenvalue weighted by Crippen LogP contribution is -1.97. The molecular weight excluding hydrogens is 548 g/mol. The number of aromatic nitrogens is 4. The molecule has 0 bridgehead atoms. The Morgan fingerprint density at radius 1 is 0.556 bits per heavy atom. The summed E-state index contributed by atoms with van der Waals surface area (Å²) in [4.78, 5) is 10.3. The molecule has 9 aromatic rings. The fraction of sp³-hybridized carbons (Fsp3) is 0.0244. The van der Waals surface area contributed by atoms with E-state index in [0.29, 0.717) is 0 Å². The van der Waals surface area contributed by atoms with E-state index in [1.165, 1.54) is 21.5 Å². The molecule has 214 valence electrons. The molecule has 4 nitrogen and oxygen atoms in total. The molecule has 0 unspecified atom stereocenters. The standard InChI is InChI=1S/C36H22N4.C5H8/c1-3-10-25-20-27(17-15-23(25)8-1)39-31-13-6-5-12-29(31)35-33(39)22-30-34-32(14-7-19-37-34)40(36(30)38-35)28-18-16-24-9-2-4-11-26(24)21-28;1-3-5-4-2/h1-22H;3-5H,1H2,2H3/b;5-4-. The Bertz CT molecular complexity index is 2410. The summed E-state index contributed by atoms with van der Waals surface area (Å²) in [6.07, 6.45) is 7.45. The second-order valence-corrected chi connectivity index (χ2v) is 11.1. The van der Waals surface area contributed by atoms with Crippen LogP contribution in [0.3, 0.4) is 0 Å². The monoisotopic (exact) mass is 578 g/mol. The second kappa shape index (κ2) is 10.9. The van der Waals surface area contributed by atoms with Gasteiger partial charge in [-0.3, -0.25) is 9.55 Å². The fourth-order valence-electron chi connectivity index (χ4n) is 6.41. The van der Waals surface area contributed by atoms with Gasteiger partial charge in [-0.05, 0) is 77.0 Å². The van der Waals surface area contributed by atoms with Crippen LogP contribution in [0.1, 0.15) is 6.92 Å². The number of nitrogens with zero attached hydrogens (tertiary/aromatic N) is 4. The molecule has 0 fully saturated rings. The van der Waals surface area contributed by atoms with Gasteiger partial charge < -0.3 is 4.57 Å². The molecular formula is C41H30N4. The average molecular weight is 579 g/mol. The Morgan fingerprint density at radius 2 is 1.18 bits per heavy atom. The molecule has 4 heterocycles. The number of allylic oxidation sites excluding steroid dienone is 3. The van der Waals surface area contributed by atoms with Gasteiger partial charge in [0.25, 0.3) is 0 Å². The molecule has 4 heteroatoms. The zero-order valence-corrected chi connectivity index (χ0v) is 24.9. The Labute approximate surface area is 260 Å². The molecule has 0 atom stereocenters. The van der Waals surface area contributed by atoms with Crippen molar-refractivity contribution in [3.05, 3.63) is 158 Å². The van der Waals surface area contributed by atoms with Crippen LogP contribution in [-0.4, -0.2) is 19.1 Å². The van der Waals surface area contributed by atoms with Crippen molar-refractivity contribution in [2.45, 2.75) is 6.92 Å². The van der Waals surface area contributed by atoms with Gasteiger partial charge in [0.2, 0.25) is 0 Å². The molecule has 0 spiro atoms. The smallest absolute Gasteiger partial charge is 0.148 e. The quantitative estimate of drug-likeness (QED) is 0.196. The van der Waals surface area contributed by atoms with Crippen molar-refractivity contribution < 1.29 is 0 Å². The van der Waals surface area contributed by atoms with Gasteiger partial charge in [0.15, 0.2) is 0 Å². The van der Waals surface area contributed by atoms with E-state index < -0.39 is 0 Å².